The maximum absolute atomic E-state index is 9.37. The molecule has 2 rings (SSSR count). The van der Waals surface area contributed by atoms with E-state index in [2.05, 4.69) is 60.1 Å². The fourth-order valence-electron chi connectivity index (χ4n) is 3.17. The molecule has 0 radical (unpaired) electrons. The molecule has 0 saturated carbocycles. The highest BCUT2D eigenvalue weighted by Gasteiger charge is 2.25. The zero-order valence-corrected chi connectivity index (χ0v) is 14.7. The Bertz CT molecular complexity index is 458. The van der Waals surface area contributed by atoms with Crippen LogP contribution < -0.4 is 0 Å². The van der Waals surface area contributed by atoms with Crippen LogP contribution in [0.15, 0.2) is 36.4 Å². The number of rotatable bonds is 8. The second-order valence-corrected chi connectivity index (χ2v) is 6.96. The van der Waals surface area contributed by atoms with E-state index in [9.17, 15) is 5.11 Å². The summed E-state index contributed by atoms with van der Waals surface area (Å²) in [5, 5.41) is 9.37. The molecule has 23 heavy (non-hydrogen) atoms. The van der Waals surface area contributed by atoms with E-state index in [0.29, 0.717) is 6.04 Å². The summed E-state index contributed by atoms with van der Waals surface area (Å²) in [5.74, 6) is 0.747. The molecule has 0 amide bonds. The largest absolute Gasteiger partial charge is 0.396 e. The number of nitrogens with zero attached hydrogens (tertiary/aromatic N) is 2. The van der Waals surface area contributed by atoms with Gasteiger partial charge in [-0.05, 0) is 30.9 Å². The first-order chi connectivity index (χ1) is 11.2. The van der Waals surface area contributed by atoms with Gasteiger partial charge in [0.2, 0.25) is 0 Å². The lowest BCUT2D eigenvalue weighted by Crippen LogP contribution is -2.53. The maximum atomic E-state index is 9.37. The summed E-state index contributed by atoms with van der Waals surface area (Å²) in [6, 6.07) is 11.0. The molecule has 1 aromatic rings. The Hall–Kier alpha value is -1.16. The molecule has 0 aliphatic carbocycles. The maximum Gasteiger partial charge on any atom is 0.0446 e. The van der Waals surface area contributed by atoms with Gasteiger partial charge in [-0.15, -0.1) is 0 Å². The van der Waals surface area contributed by atoms with Crippen LogP contribution in [-0.2, 0) is 0 Å². The van der Waals surface area contributed by atoms with Gasteiger partial charge in [0.25, 0.3) is 0 Å². The Labute approximate surface area is 141 Å². The van der Waals surface area contributed by atoms with Crippen molar-refractivity contribution in [3.63, 3.8) is 0 Å². The average molecular weight is 316 g/mol. The predicted octanol–water partition coefficient (Wildman–Crippen LogP) is 3.11. The first-order valence-corrected chi connectivity index (χ1v) is 8.98. The van der Waals surface area contributed by atoms with E-state index in [1.54, 1.807) is 0 Å². The molecule has 1 aromatic carbocycles. The van der Waals surface area contributed by atoms with Crippen LogP contribution in [0.3, 0.4) is 0 Å². The number of hydrogen-bond donors (Lipinski definition) is 1. The Morgan fingerprint density at radius 3 is 2.70 bits per heavy atom. The summed E-state index contributed by atoms with van der Waals surface area (Å²) < 4.78 is 0. The van der Waals surface area contributed by atoms with Crippen molar-refractivity contribution in [3.8, 4) is 0 Å². The van der Waals surface area contributed by atoms with Gasteiger partial charge < -0.3 is 5.11 Å². The molecule has 128 valence electrons. The lowest BCUT2D eigenvalue weighted by Gasteiger charge is -2.41. The van der Waals surface area contributed by atoms with Crippen molar-refractivity contribution in [2.45, 2.75) is 32.7 Å². The third-order valence-corrected chi connectivity index (χ3v) is 4.62. The lowest BCUT2D eigenvalue weighted by atomic mass is 10.1. The van der Waals surface area contributed by atoms with Crippen molar-refractivity contribution in [3.05, 3.63) is 42.0 Å². The van der Waals surface area contributed by atoms with Crippen LogP contribution in [0.25, 0.3) is 6.08 Å². The Morgan fingerprint density at radius 1 is 1.22 bits per heavy atom. The van der Waals surface area contributed by atoms with Gasteiger partial charge in [-0.25, -0.2) is 0 Å². The average Bonchev–Trinajstić information content (AvgIpc) is 2.55. The molecule has 3 heteroatoms. The van der Waals surface area contributed by atoms with E-state index in [-0.39, 0.29) is 6.61 Å². The highest BCUT2D eigenvalue weighted by molar-refractivity contribution is 5.48. The Kier molecular flexibility index (Phi) is 7.80. The minimum absolute atomic E-state index is 0.288. The van der Waals surface area contributed by atoms with Crippen molar-refractivity contribution in [2.24, 2.45) is 5.92 Å². The summed E-state index contributed by atoms with van der Waals surface area (Å²) in [4.78, 5) is 5.08. The second-order valence-electron chi connectivity index (χ2n) is 6.96. The molecule has 0 aromatic heterocycles. The van der Waals surface area contributed by atoms with Gasteiger partial charge in [0, 0.05) is 38.8 Å². The third-order valence-electron chi connectivity index (χ3n) is 4.62. The third kappa shape index (κ3) is 6.46. The quantitative estimate of drug-likeness (QED) is 0.798. The van der Waals surface area contributed by atoms with Gasteiger partial charge in [-0.2, -0.15) is 0 Å². The SMILES string of the molecule is CC(C)CCN1CCN(C/C=C/c2ccccc2)C[C@H]1CCO. The van der Waals surface area contributed by atoms with Crippen LogP contribution in [0.1, 0.15) is 32.3 Å². The van der Waals surface area contributed by atoms with E-state index in [0.717, 1.165) is 45.1 Å². The van der Waals surface area contributed by atoms with Crippen LogP contribution in [-0.4, -0.2) is 60.3 Å². The van der Waals surface area contributed by atoms with Crippen molar-refractivity contribution in [1.29, 1.82) is 0 Å². The zero-order chi connectivity index (χ0) is 16.5. The fourth-order valence-corrected chi connectivity index (χ4v) is 3.17. The van der Waals surface area contributed by atoms with Crippen molar-refractivity contribution in [1.82, 2.24) is 9.80 Å². The normalized spacial score (nSPS) is 20.6. The second kappa shape index (κ2) is 9.86. The van der Waals surface area contributed by atoms with E-state index in [1.807, 2.05) is 6.07 Å². The van der Waals surface area contributed by atoms with Gasteiger partial charge in [0.15, 0.2) is 0 Å². The molecule has 3 nitrogen and oxygen atoms in total. The number of hydrogen-bond acceptors (Lipinski definition) is 3. The molecule has 1 atom stereocenters. The minimum atomic E-state index is 0.288. The highest BCUT2D eigenvalue weighted by Crippen LogP contribution is 2.15. The summed E-state index contributed by atoms with van der Waals surface area (Å²) >= 11 is 0. The number of aliphatic hydroxyl groups excluding tert-OH is 1. The van der Waals surface area contributed by atoms with E-state index < -0.39 is 0 Å². The van der Waals surface area contributed by atoms with Gasteiger partial charge in [-0.1, -0.05) is 56.3 Å². The number of aliphatic hydroxyl groups is 1. The topological polar surface area (TPSA) is 26.7 Å². The molecule has 1 saturated heterocycles. The van der Waals surface area contributed by atoms with Gasteiger partial charge in [0.1, 0.15) is 0 Å². The minimum Gasteiger partial charge on any atom is -0.396 e. The predicted molar refractivity (Wildman–Crippen MR) is 98.4 cm³/mol. The Balaban J connectivity index is 1.82. The van der Waals surface area contributed by atoms with Crippen molar-refractivity contribution in [2.75, 3.05) is 39.3 Å². The van der Waals surface area contributed by atoms with Gasteiger partial charge in [-0.3, -0.25) is 9.80 Å². The molecule has 1 fully saturated rings. The van der Waals surface area contributed by atoms with Crippen LogP contribution >= 0.6 is 0 Å². The monoisotopic (exact) mass is 316 g/mol. The number of piperazine rings is 1. The molecule has 1 aliphatic rings. The van der Waals surface area contributed by atoms with Crippen molar-refractivity contribution >= 4 is 6.08 Å². The molecular weight excluding hydrogens is 284 g/mol. The van der Waals surface area contributed by atoms with E-state index >= 15 is 0 Å². The molecule has 0 bridgehead atoms. The molecule has 1 heterocycles. The van der Waals surface area contributed by atoms with Crippen LogP contribution in [0.2, 0.25) is 0 Å². The van der Waals surface area contributed by atoms with Gasteiger partial charge in [0.05, 0.1) is 0 Å². The van der Waals surface area contributed by atoms with Crippen molar-refractivity contribution < 1.29 is 5.11 Å². The highest BCUT2D eigenvalue weighted by atomic mass is 16.3. The number of benzene rings is 1. The smallest absolute Gasteiger partial charge is 0.0446 e. The zero-order valence-electron chi connectivity index (χ0n) is 14.7. The Morgan fingerprint density at radius 2 is 2.00 bits per heavy atom. The van der Waals surface area contributed by atoms with Crippen LogP contribution in [0.4, 0.5) is 0 Å². The van der Waals surface area contributed by atoms with Gasteiger partial charge >= 0.3 is 0 Å². The molecule has 1 aliphatic heterocycles. The first kappa shape index (κ1) is 18.2. The molecule has 0 spiro atoms. The van der Waals surface area contributed by atoms with E-state index in [1.165, 1.54) is 12.0 Å². The molecule has 1 N–H and O–H groups in total. The molecule has 0 unspecified atom stereocenters. The standard InChI is InChI=1S/C20H32N2O/c1-18(2)10-13-22-15-14-21(17-20(22)11-16-23)12-6-9-19-7-4-3-5-8-19/h3-9,18,20,23H,10-17H2,1-2H3/b9-6+/t20-/m1/s1. The summed E-state index contributed by atoms with van der Waals surface area (Å²) in [7, 11) is 0. The fraction of sp³-hybridized carbons (Fsp3) is 0.600. The lowest BCUT2D eigenvalue weighted by molar-refractivity contribution is 0.0621. The molecular formula is C20H32N2O. The van der Waals surface area contributed by atoms with Crippen LogP contribution in [0, 0.1) is 5.92 Å². The summed E-state index contributed by atoms with van der Waals surface area (Å²) in [5.41, 5.74) is 1.26. The summed E-state index contributed by atoms with van der Waals surface area (Å²) in [6.07, 6.45) is 6.59. The van der Waals surface area contributed by atoms with Crippen LogP contribution in [0.5, 0.6) is 0 Å². The summed E-state index contributed by atoms with van der Waals surface area (Å²) in [6.45, 7) is 10.3. The van der Waals surface area contributed by atoms with E-state index in [4.69, 9.17) is 0 Å². The first-order valence-electron chi connectivity index (χ1n) is 8.98.